The van der Waals surface area contributed by atoms with Gasteiger partial charge in [0.1, 0.15) is 5.82 Å². The third-order valence-corrected chi connectivity index (χ3v) is 8.32. The molecule has 2 aliphatic rings. The van der Waals surface area contributed by atoms with Crippen LogP contribution in [0.2, 0.25) is 0 Å². The van der Waals surface area contributed by atoms with E-state index in [0.29, 0.717) is 68.8 Å². The SMILES string of the molecule is CC(O)Cc1cnc2n1C[C@H](c1cccc(F)c1F)CC[C@H]2NC(=O)N1CCC(n2c(=O)[nH]c3ncccc32)CC1. The van der Waals surface area contributed by atoms with Gasteiger partial charge in [0.25, 0.3) is 0 Å². The van der Waals surface area contributed by atoms with Gasteiger partial charge in [-0.05, 0) is 56.4 Å². The van der Waals surface area contributed by atoms with E-state index in [1.54, 1.807) is 40.9 Å². The fourth-order valence-electron chi connectivity index (χ4n) is 6.31. The van der Waals surface area contributed by atoms with E-state index < -0.39 is 23.8 Å². The van der Waals surface area contributed by atoms with Crippen molar-refractivity contribution >= 4 is 17.2 Å². The van der Waals surface area contributed by atoms with Crippen LogP contribution in [-0.4, -0.2) is 59.3 Å². The summed E-state index contributed by atoms with van der Waals surface area (Å²) < 4.78 is 32.5. The number of nitrogens with zero attached hydrogens (tertiary/aromatic N) is 5. The summed E-state index contributed by atoms with van der Waals surface area (Å²) in [6.07, 6.45) is 5.31. The molecule has 12 heteroatoms. The van der Waals surface area contributed by atoms with Crippen LogP contribution in [-0.2, 0) is 13.0 Å². The van der Waals surface area contributed by atoms with E-state index >= 15 is 0 Å². The van der Waals surface area contributed by atoms with Gasteiger partial charge in [-0.25, -0.2) is 28.3 Å². The molecule has 5 heterocycles. The van der Waals surface area contributed by atoms with Gasteiger partial charge in [-0.2, -0.15) is 0 Å². The van der Waals surface area contributed by atoms with Crippen LogP contribution >= 0.6 is 0 Å². The molecule has 0 bridgehead atoms. The Morgan fingerprint density at radius 2 is 1.95 bits per heavy atom. The van der Waals surface area contributed by atoms with Crippen molar-refractivity contribution in [3.63, 3.8) is 0 Å². The summed E-state index contributed by atoms with van der Waals surface area (Å²) in [6.45, 7) is 3.00. The Hall–Kier alpha value is -4.06. The van der Waals surface area contributed by atoms with Crippen molar-refractivity contribution in [3.05, 3.63) is 81.9 Å². The highest BCUT2D eigenvalue weighted by atomic mass is 19.2. The molecule has 3 N–H and O–H groups in total. The average molecular weight is 566 g/mol. The van der Waals surface area contributed by atoms with Crippen LogP contribution in [0.5, 0.6) is 0 Å². The summed E-state index contributed by atoms with van der Waals surface area (Å²) in [7, 11) is 0. The average Bonchev–Trinajstić information content (AvgIpc) is 3.44. The van der Waals surface area contributed by atoms with E-state index in [-0.39, 0.29) is 23.7 Å². The number of amides is 2. The first-order chi connectivity index (χ1) is 19.8. The number of rotatable bonds is 5. The molecular formula is C29H33F2N7O3. The normalized spacial score (nSPS) is 20.5. The first-order valence-corrected chi connectivity index (χ1v) is 14.1. The van der Waals surface area contributed by atoms with Crippen LogP contribution < -0.4 is 11.0 Å². The molecule has 216 valence electrons. The molecule has 1 saturated heterocycles. The van der Waals surface area contributed by atoms with Crippen LogP contribution in [0.4, 0.5) is 13.6 Å². The minimum absolute atomic E-state index is 0.0498. The second-order valence-corrected chi connectivity index (χ2v) is 11.1. The number of imidazole rings is 2. The third kappa shape index (κ3) is 5.23. The molecule has 0 aliphatic carbocycles. The maximum absolute atomic E-state index is 14.8. The van der Waals surface area contributed by atoms with Crippen molar-refractivity contribution in [2.75, 3.05) is 13.1 Å². The van der Waals surface area contributed by atoms with E-state index in [0.717, 1.165) is 17.3 Å². The number of carbonyl (C=O) groups is 1. The number of aliphatic hydroxyl groups excluding tert-OH is 1. The molecule has 3 atom stereocenters. The van der Waals surface area contributed by atoms with Crippen molar-refractivity contribution in [2.45, 2.75) is 69.7 Å². The number of aromatic amines is 1. The highest BCUT2D eigenvalue weighted by molar-refractivity contribution is 5.75. The van der Waals surface area contributed by atoms with E-state index in [1.165, 1.54) is 6.07 Å². The summed E-state index contributed by atoms with van der Waals surface area (Å²) in [6, 6.07) is 7.16. The lowest BCUT2D eigenvalue weighted by molar-refractivity contribution is 0.167. The number of piperidine rings is 1. The molecule has 1 fully saturated rings. The van der Waals surface area contributed by atoms with Gasteiger partial charge >= 0.3 is 11.7 Å². The Kier molecular flexibility index (Phi) is 7.33. The summed E-state index contributed by atoms with van der Waals surface area (Å²) >= 11 is 0. The van der Waals surface area contributed by atoms with Crippen molar-refractivity contribution in [1.82, 2.24) is 34.3 Å². The fraction of sp³-hybridized carbons (Fsp3) is 0.448. The molecule has 3 aromatic heterocycles. The number of H-pyrrole nitrogens is 1. The molecule has 1 aromatic carbocycles. The Balaban J connectivity index is 1.19. The second kappa shape index (κ2) is 11.1. The van der Waals surface area contributed by atoms with Gasteiger partial charge in [0.05, 0.1) is 17.7 Å². The number of aliphatic hydroxyl groups is 1. The smallest absolute Gasteiger partial charge is 0.327 e. The minimum atomic E-state index is -0.888. The standard InChI is InChI=1S/C29H33F2N7O3/c1-17(39)14-20-15-33-27-23(8-7-18(16-37(20)27)21-4-2-5-22(30)25(21)31)34-28(40)36-12-9-19(10-13-36)38-24-6-3-11-32-26(24)35-29(38)41/h2-6,11,15,17-19,23,39H,7-10,12-14,16H2,1H3,(H,34,40)(H,32,35,41)/t17?,18-,23-/m1/s1. The van der Waals surface area contributed by atoms with E-state index in [1.807, 2.05) is 10.6 Å². The zero-order valence-corrected chi connectivity index (χ0v) is 22.8. The van der Waals surface area contributed by atoms with Crippen LogP contribution in [0.1, 0.15) is 67.7 Å². The number of hydrogen-bond acceptors (Lipinski definition) is 5. The fourth-order valence-corrected chi connectivity index (χ4v) is 6.31. The van der Waals surface area contributed by atoms with Crippen molar-refractivity contribution in [1.29, 1.82) is 0 Å². The topological polar surface area (TPSA) is 121 Å². The van der Waals surface area contributed by atoms with Gasteiger partial charge in [0.15, 0.2) is 17.3 Å². The molecule has 10 nitrogen and oxygen atoms in total. The molecule has 1 unspecified atom stereocenters. The first-order valence-electron chi connectivity index (χ1n) is 14.1. The van der Waals surface area contributed by atoms with Crippen LogP contribution in [0.25, 0.3) is 11.2 Å². The summed E-state index contributed by atoms with van der Waals surface area (Å²) in [5.41, 5.74) is 2.17. The molecule has 6 rings (SSSR count). The number of nitrogens with one attached hydrogen (secondary N) is 2. The van der Waals surface area contributed by atoms with Crippen molar-refractivity contribution in [2.24, 2.45) is 0 Å². The lowest BCUT2D eigenvalue weighted by Crippen LogP contribution is -2.46. The number of benzene rings is 1. The van der Waals surface area contributed by atoms with Crippen molar-refractivity contribution < 1.29 is 18.7 Å². The number of likely N-dealkylation sites (tertiary alicyclic amines) is 1. The number of urea groups is 1. The Bertz CT molecular complexity index is 1620. The number of fused-ring (bicyclic) bond motifs is 2. The summed E-state index contributed by atoms with van der Waals surface area (Å²) in [4.78, 5) is 39.4. The van der Waals surface area contributed by atoms with E-state index in [4.69, 9.17) is 0 Å². The minimum Gasteiger partial charge on any atom is -0.393 e. The van der Waals surface area contributed by atoms with Gasteiger partial charge in [-0.15, -0.1) is 0 Å². The number of pyridine rings is 1. The molecule has 4 aromatic rings. The van der Waals surface area contributed by atoms with E-state index in [2.05, 4.69) is 20.3 Å². The maximum Gasteiger partial charge on any atom is 0.327 e. The maximum atomic E-state index is 14.8. The monoisotopic (exact) mass is 565 g/mol. The second-order valence-electron chi connectivity index (χ2n) is 11.1. The quantitative estimate of drug-likeness (QED) is 0.340. The van der Waals surface area contributed by atoms with Gasteiger partial charge in [-0.1, -0.05) is 12.1 Å². The highest BCUT2D eigenvalue weighted by Crippen LogP contribution is 2.35. The molecule has 0 spiro atoms. The molecule has 0 saturated carbocycles. The lowest BCUT2D eigenvalue weighted by atomic mass is 9.92. The van der Waals surface area contributed by atoms with Crippen LogP contribution in [0.15, 0.2) is 47.5 Å². The Morgan fingerprint density at radius 1 is 1.15 bits per heavy atom. The molecular weight excluding hydrogens is 532 g/mol. The van der Waals surface area contributed by atoms with E-state index in [9.17, 15) is 23.5 Å². The third-order valence-electron chi connectivity index (χ3n) is 8.32. The largest absolute Gasteiger partial charge is 0.393 e. The molecule has 0 radical (unpaired) electrons. The molecule has 2 aliphatic heterocycles. The predicted octanol–water partition coefficient (Wildman–Crippen LogP) is 3.79. The van der Waals surface area contributed by atoms with Gasteiger partial charge in [-0.3, -0.25) is 9.55 Å². The van der Waals surface area contributed by atoms with Crippen LogP contribution in [0.3, 0.4) is 0 Å². The van der Waals surface area contributed by atoms with Gasteiger partial charge in [0.2, 0.25) is 0 Å². The zero-order valence-electron chi connectivity index (χ0n) is 22.8. The Morgan fingerprint density at radius 3 is 2.73 bits per heavy atom. The Labute approximate surface area is 235 Å². The van der Waals surface area contributed by atoms with Gasteiger partial charge in [0, 0.05) is 56.1 Å². The number of hydrogen-bond donors (Lipinski definition) is 3. The predicted molar refractivity (Wildman–Crippen MR) is 147 cm³/mol. The summed E-state index contributed by atoms with van der Waals surface area (Å²) in [5, 5.41) is 13.2. The number of halogens is 2. The van der Waals surface area contributed by atoms with Crippen molar-refractivity contribution in [3.8, 4) is 0 Å². The molecule has 41 heavy (non-hydrogen) atoms. The first kappa shape index (κ1) is 27.1. The number of aromatic nitrogens is 5. The van der Waals surface area contributed by atoms with Crippen LogP contribution in [0, 0.1) is 11.6 Å². The van der Waals surface area contributed by atoms with Gasteiger partial charge < -0.3 is 19.9 Å². The molecule has 2 amide bonds. The highest BCUT2D eigenvalue weighted by Gasteiger charge is 2.33. The zero-order chi connectivity index (χ0) is 28.7. The lowest BCUT2D eigenvalue weighted by Gasteiger charge is -2.33. The summed E-state index contributed by atoms with van der Waals surface area (Å²) in [5.74, 6) is -1.43. The number of carbonyl (C=O) groups excluding carboxylic acids is 1.